The average Bonchev–Trinajstić information content (AvgIpc) is 2.68. The van der Waals surface area contributed by atoms with Crippen LogP contribution in [0.4, 0.5) is 0 Å². The van der Waals surface area contributed by atoms with Crippen molar-refractivity contribution in [2.45, 2.75) is 39.3 Å². The zero-order valence-corrected chi connectivity index (χ0v) is 12.9. The second-order valence-corrected chi connectivity index (χ2v) is 8.39. The highest BCUT2D eigenvalue weighted by atomic mass is 32.2. The molecule has 0 aliphatic carbocycles. The lowest BCUT2D eigenvalue weighted by molar-refractivity contribution is -0.150. The maximum atomic E-state index is 12.4. The zero-order chi connectivity index (χ0) is 15.1. The molecule has 0 radical (unpaired) electrons. The van der Waals surface area contributed by atoms with E-state index in [9.17, 15) is 18.0 Å². The Kier molecular flexibility index (Phi) is 4.09. The second-order valence-electron chi connectivity index (χ2n) is 6.17. The summed E-state index contributed by atoms with van der Waals surface area (Å²) in [6.07, 6.45) is 0.576. The van der Waals surface area contributed by atoms with Gasteiger partial charge in [0, 0.05) is 6.54 Å². The van der Waals surface area contributed by atoms with Crippen LogP contribution < -0.4 is 5.32 Å². The van der Waals surface area contributed by atoms with E-state index in [2.05, 4.69) is 5.32 Å². The molecule has 3 atom stereocenters. The lowest BCUT2D eigenvalue weighted by atomic mass is 9.97. The number of carbonyl (C=O) groups excluding carboxylic acids is 2. The zero-order valence-electron chi connectivity index (χ0n) is 12.1. The van der Waals surface area contributed by atoms with Crippen molar-refractivity contribution in [1.82, 2.24) is 10.2 Å². The van der Waals surface area contributed by atoms with Crippen LogP contribution in [0.5, 0.6) is 0 Å². The molecule has 1 N–H and O–H groups in total. The summed E-state index contributed by atoms with van der Waals surface area (Å²) >= 11 is 0. The van der Waals surface area contributed by atoms with Crippen molar-refractivity contribution in [2.24, 2.45) is 11.8 Å². The van der Waals surface area contributed by atoms with Crippen molar-refractivity contribution in [3.63, 3.8) is 0 Å². The Hall–Kier alpha value is -1.11. The standard InChI is InChI=1S/C13H22N2O4S/c1-8(2)11-13(17)15(9(3)12(16)14-11)6-10-4-5-20(18,19)7-10/h8-11H,4-7H2,1-3H3,(H,14,16). The van der Waals surface area contributed by atoms with Gasteiger partial charge in [-0.05, 0) is 25.2 Å². The maximum absolute atomic E-state index is 12.4. The molecule has 2 aliphatic heterocycles. The number of sulfone groups is 1. The van der Waals surface area contributed by atoms with E-state index in [4.69, 9.17) is 0 Å². The third-order valence-corrected chi connectivity index (χ3v) is 5.98. The monoisotopic (exact) mass is 302 g/mol. The van der Waals surface area contributed by atoms with Crippen molar-refractivity contribution in [1.29, 1.82) is 0 Å². The number of nitrogens with zero attached hydrogens (tertiary/aromatic N) is 1. The highest BCUT2D eigenvalue weighted by Crippen LogP contribution is 2.23. The topological polar surface area (TPSA) is 83.6 Å². The Morgan fingerprint density at radius 3 is 2.50 bits per heavy atom. The Morgan fingerprint density at radius 2 is 2.00 bits per heavy atom. The Balaban J connectivity index is 2.12. The number of piperazine rings is 1. The summed E-state index contributed by atoms with van der Waals surface area (Å²) in [5.41, 5.74) is 0. The predicted molar refractivity (Wildman–Crippen MR) is 74.7 cm³/mol. The third kappa shape index (κ3) is 2.97. The van der Waals surface area contributed by atoms with Crippen LogP contribution in [0.2, 0.25) is 0 Å². The fourth-order valence-electron chi connectivity index (χ4n) is 2.84. The summed E-state index contributed by atoms with van der Waals surface area (Å²) in [7, 11) is -2.96. The van der Waals surface area contributed by atoms with E-state index in [1.165, 1.54) is 0 Å². The van der Waals surface area contributed by atoms with E-state index in [0.29, 0.717) is 13.0 Å². The molecular formula is C13H22N2O4S. The number of rotatable bonds is 3. The van der Waals surface area contributed by atoms with Gasteiger partial charge in [-0.25, -0.2) is 8.42 Å². The van der Waals surface area contributed by atoms with Crippen molar-refractivity contribution in [2.75, 3.05) is 18.1 Å². The van der Waals surface area contributed by atoms with Gasteiger partial charge in [0.25, 0.3) is 0 Å². The lowest BCUT2D eigenvalue weighted by Crippen LogP contribution is -2.64. The summed E-state index contributed by atoms with van der Waals surface area (Å²) < 4.78 is 23.0. The number of carbonyl (C=O) groups is 2. The summed E-state index contributed by atoms with van der Waals surface area (Å²) in [6.45, 7) is 5.82. The summed E-state index contributed by atoms with van der Waals surface area (Å²) in [5, 5.41) is 2.74. The van der Waals surface area contributed by atoms with Gasteiger partial charge in [0.05, 0.1) is 11.5 Å². The largest absolute Gasteiger partial charge is 0.342 e. The highest BCUT2D eigenvalue weighted by molar-refractivity contribution is 7.91. The molecule has 0 saturated carbocycles. The van der Waals surface area contributed by atoms with Crippen LogP contribution in [0.1, 0.15) is 27.2 Å². The first-order chi connectivity index (χ1) is 9.21. The molecule has 0 aromatic carbocycles. The van der Waals surface area contributed by atoms with Gasteiger partial charge in [-0.2, -0.15) is 0 Å². The van der Waals surface area contributed by atoms with E-state index >= 15 is 0 Å². The van der Waals surface area contributed by atoms with E-state index < -0.39 is 21.9 Å². The minimum Gasteiger partial charge on any atom is -0.342 e. The van der Waals surface area contributed by atoms with Gasteiger partial charge in [-0.3, -0.25) is 9.59 Å². The van der Waals surface area contributed by atoms with Crippen molar-refractivity contribution in [3.05, 3.63) is 0 Å². The number of nitrogens with one attached hydrogen (secondary N) is 1. The molecule has 2 fully saturated rings. The molecule has 6 nitrogen and oxygen atoms in total. The molecule has 0 aromatic heterocycles. The average molecular weight is 302 g/mol. The van der Waals surface area contributed by atoms with Gasteiger partial charge < -0.3 is 10.2 Å². The third-order valence-electron chi connectivity index (χ3n) is 4.14. The van der Waals surface area contributed by atoms with E-state index in [1.807, 2.05) is 13.8 Å². The van der Waals surface area contributed by atoms with Crippen LogP contribution in [0.3, 0.4) is 0 Å². The number of hydrogen-bond donors (Lipinski definition) is 1. The first-order valence-corrected chi connectivity index (χ1v) is 8.84. The molecule has 2 heterocycles. The molecule has 2 amide bonds. The van der Waals surface area contributed by atoms with Gasteiger partial charge in [0.1, 0.15) is 12.1 Å². The molecule has 114 valence electrons. The highest BCUT2D eigenvalue weighted by Gasteiger charge is 2.41. The van der Waals surface area contributed by atoms with Crippen LogP contribution >= 0.6 is 0 Å². The van der Waals surface area contributed by atoms with Gasteiger partial charge in [0.15, 0.2) is 9.84 Å². The number of amides is 2. The van der Waals surface area contributed by atoms with Crippen molar-refractivity contribution in [3.8, 4) is 0 Å². The SMILES string of the molecule is CC(C)C1NC(=O)C(C)N(CC2CCS(=O)(=O)C2)C1=O. The molecule has 20 heavy (non-hydrogen) atoms. The molecule has 2 rings (SSSR count). The van der Waals surface area contributed by atoms with Crippen LogP contribution in [0.15, 0.2) is 0 Å². The Labute approximate surface area is 119 Å². The first-order valence-electron chi connectivity index (χ1n) is 7.02. The van der Waals surface area contributed by atoms with Crippen LogP contribution in [0.25, 0.3) is 0 Å². The fraction of sp³-hybridized carbons (Fsp3) is 0.846. The molecule has 0 aromatic rings. The van der Waals surface area contributed by atoms with E-state index in [0.717, 1.165) is 0 Å². The summed E-state index contributed by atoms with van der Waals surface area (Å²) in [6, 6.07) is -1.03. The predicted octanol–water partition coefficient (Wildman–Crippen LogP) is -0.207. The fourth-order valence-corrected chi connectivity index (χ4v) is 4.69. The summed E-state index contributed by atoms with van der Waals surface area (Å²) in [4.78, 5) is 25.9. The van der Waals surface area contributed by atoms with E-state index in [-0.39, 0.29) is 35.2 Å². The smallest absolute Gasteiger partial charge is 0.246 e. The Bertz CT molecular complexity index is 514. The van der Waals surface area contributed by atoms with Crippen LogP contribution in [-0.4, -0.2) is 55.3 Å². The first kappa shape index (κ1) is 15.3. The molecule has 0 spiro atoms. The minimum absolute atomic E-state index is 0.0220. The van der Waals surface area contributed by atoms with E-state index in [1.54, 1.807) is 11.8 Å². The molecule has 0 bridgehead atoms. The lowest BCUT2D eigenvalue weighted by Gasteiger charge is -2.39. The molecule has 7 heteroatoms. The molecule has 2 aliphatic rings. The molecule has 2 saturated heterocycles. The van der Waals surface area contributed by atoms with Gasteiger partial charge in [0.2, 0.25) is 11.8 Å². The van der Waals surface area contributed by atoms with Gasteiger partial charge in [-0.1, -0.05) is 13.8 Å². The Morgan fingerprint density at radius 1 is 1.35 bits per heavy atom. The van der Waals surface area contributed by atoms with Gasteiger partial charge >= 0.3 is 0 Å². The van der Waals surface area contributed by atoms with Crippen LogP contribution in [-0.2, 0) is 19.4 Å². The second kappa shape index (κ2) is 5.35. The quantitative estimate of drug-likeness (QED) is 0.782. The molecular weight excluding hydrogens is 280 g/mol. The van der Waals surface area contributed by atoms with Crippen molar-refractivity contribution < 1.29 is 18.0 Å². The summed E-state index contributed by atoms with van der Waals surface area (Å²) in [5.74, 6) is 0.0187. The molecule has 3 unspecified atom stereocenters. The van der Waals surface area contributed by atoms with Crippen LogP contribution in [0, 0.1) is 11.8 Å². The van der Waals surface area contributed by atoms with Gasteiger partial charge in [-0.15, -0.1) is 0 Å². The number of hydrogen-bond acceptors (Lipinski definition) is 4. The normalized spacial score (nSPS) is 33.6. The maximum Gasteiger partial charge on any atom is 0.246 e. The minimum atomic E-state index is -2.96. The van der Waals surface area contributed by atoms with Crippen molar-refractivity contribution >= 4 is 21.7 Å².